The molecule has 0 spiro atoms. The van der Waals surface area contributed by atoms with Gasteiger partial charge in [0.25, 0.3) is 0 Å². The van der Waals surface area contributed by atoms with E-state index in [4.69, 9.17) is 9.47 Å². The Kier molecular flexibility index (Phi) is 5.76. The Labute approximate surface area is 129 Å². The molecular formula is C15H21NO6. The number of esters is 1. The Bertz CT molecular complexity index is 549. The molecule has 1 atom stereocenters. The lowest BCUT2D eigenvalue weighted by Gasteiger charge is -2.20. The van der Waals surface area contributed by atoms with Gasteiger partial charge in [0.05, 0.1) is 19.9 Å². The van der Waals surface area contributed by atoms with Crippen LogP contribution in [0.2, 0.25) is 0 Å². The highest BCUT2D eigenvalue weighted by Gasteiger charge is 2.21. The van der Waals surface area contributed by atoms with Crippen molar-refractivity contribution >= 4 is 17.7 Å². The number of nitrogens with one attached hydrogen (secondary N) is 1. The number of ether oxygens (including phenoxy) is 3. The van der Waals surface area contributed by atoms with Crippen molar-refractivity contribution in [1.29, 1.82) is 0 Å². The van der Waals surface area contributed by atoms with E-state index in [0.29, 0.717) is 11.3 Å². The van der Waals surface area contributed by atoms with Crippen LogP contribution in [-0.2, 0) is 14.3 Å². The molecular weight excluding hydrogens is 290 g/mol. The SMILES string of the molecule is COC(=O)C(O)c1ccc(NC(=O)OC(C)(C)C)c(OC)c1. The molecule has 0 saturated heterocycles. The third kappa shape index (κ3) is 4.92. The van der Waals surface area contributed by atoms with E-state index in [1.54, 1.807) is 20.8 Å². The second-order valence-electron chi connectivity index (χ2n) is 5.51. The quantitative estimate of drug-likeness (QED) is 0.828. The summed E-state index contributed by atoms with van der Waals surface area (Å²) in [7, 11) is 2.59. The van der Waals surface area contributed by atoms with E-state index in [1.165, 1.54) is 32.4 Å². The van der Waals surface area contributed by atoms with Gasteiger partial charge in [-0.2, -0.15) is 0 Å². The average molecular weight is 311 g/mol. The average Bonchev–Trinajstić information content (AvgIpc) is 2.44. The zero-order valence-corrected chi connectivity index (χ0v) is 13.3. The second-order valence-corrected chi connectivity index (χ2v) is 5.51. The third-order valence-electron chi connectivity index (χ3n) is 2.60. The van der Waals surface area contributed by atoms with Gasteiger partial charge in [-0.3, -0.25) is 5.32 Å². The Balaban J connectivity index is 2.94. The Morgan fingerprint density at radius 3 is 2.36 bits per heavy atom. The smallest absolute Gasteiger partial charge is 0.412 e. The molecule has 1 aromatic carbocycles. The first-order valence-corrected chi connectivity index (χ1v) is 6.61. The summed E-state index contributed by atoms with van der Waals surface area (Å²) in [5.41, 5.74) is 0.0224. The lowest BCUT2D eigenvalue weighted by Crippen LogP contribution is -2.27. The van der Waals surface area contributed by atoms with Gasteiger partial charge < -0.3 is 19.3 Å². The van der Waals surface area contributed by atoms with Crippen LogP contribution >= 0.6 is 0 Å². The summed E-state index contributed by atoms with van der Waals surface area (Å²) in [4.78, 5) is 23.1. The summed E-state index contributed by atoms with van der Waals surface area (Å²) in [5, 5.41) is 12.3. The minimum atomic E-state index is -1.42. The maximum Gasteiger partial charge on any atom is 0.412 e. The fourth-order valence-electron chi connectivity index (χ4n) is 1.64. The molecule has 0 radical (unpaired) electrons. The van der Waals surface area contributed by atoms with Crippen LogP contribution in [0.1, 0.15) is 32.4 Å². The molecule has 0 aliphatic rings. The fraction of sp³-hybridized carbons (Fsp3) is 0.467. The lowest BCUT2D eigenvalue weighted by atomic mass is 10.1. The van der Waals surface area contributed by atoms with Crippen LogP contribution in [-0.4, -0.2) is 37.0 Å². The molecule has 22 heavy (non-hydrogen) atoms. The summed E-state index contributed by atoms with van der Waals surface area (Å²) < 4.78 is 14.8. The molecule has 0 fully saturated rings. The number of carbonyl (C=O) groups excluding carboxylic acids is 2. The van der Waals surface area contributed by atoms with Gasteiger partial charge in [-0.1, -0.05) is 6.07 Å². The predicted molar refractivity (Wildman–Crippen MR) is 79.8 cm³/mol. The largest absolute Gasteiger partial charge is 0.495 e. The number of anilines is 1. The monoisotopic (exact) mass is 311 g/mol. The van der Waals surface area contributed by atoms with Gasteiger partial charge in [-0.15, -0.1) is 0 Å². The fourth-order valence-corrected chi connectivity index (χ4v) is 1.64. The Morgan fingerprint density at radius 2 is 1.86 bits per heavy atom. The number of carbonyl (C=O) groups is 2. The number of amides is 1. The number of aliphatic hydroxyl groups excluding tert-OH is 1. The van der Waals surface area contributed by atoms with Gasteiger partial charge in [0.2, 0.25) is 0 Å². The first-order valence-electron chi connectivity index (χ1n) is 6.61. The summed E-state index contributed by atoms with van der Waals surface area (Å²) in [5.74, 6) is -0.499. The van der Waals surface area contributed by atoms with Gasteiger partial charge in [-0.05, 0) is 38.5 Å². The van der Waals surface area contributed by atoms with Crippen LogP contribution in [0.15, 0.2) is 18.2 Å². The summed E-state index contributed by atoms with van der Waals surface area (Å²) >= 11 is 0. The molecule has 7 nitrogen and oxygen atoms in total. The zero-order chi connectivity index (χ0) is 16.9. The zero-order valence-electron chi connectivity index (χ0n) is 13.3. The van der Waals surface area contributed by atoms with E-state index in [-0.39, 0.29) is 5.75 Å². The summed E-state index contributed by atoms with van der Waals surface area (Å²) in [6.07, 6.45) is -2.05. The van der Waals surface area contributed by atoms with E-state index in [2.05, 4.69) is 10.1 Å². The van der Waals surface area contributed by atoms with Gasteiger partial charge in [0, 0.05) is 0 Å². The van der Waals surface area contributed by atoms with Crippen molar-refractivity contribution in [2.45, 2.75) is 32.5 Å². The lowest BCUT2D eigenvalue weighted by molar-refractivity contribution is -0.150. The number of hydrogen-bond acceptors (Lipinski definition) is 6. The van der Waals surface area contributed by atoms with Crippen molar-refractivity contribution < 1.29 is 28.9 Å². The summed E-state index contributed by atoms with van der Waals surface area (Å²) in [6, 6.07) is 4.43. The predicted octanol–water partition coefficient (Wildman–Crippen LogP) is 2.25. The Hall–Kier alpha value is -2.28. The van der Waals surface area contributed by atoms with Crippen molar-refractivity contribution in [3.05, 3.63) is 23.8 Å². The number of hydrogen-bond donors (Lipinski definition) is 2. The first kappa shape index (κ1) is 17.8. The summed E-state index contributed by atoms with van der Waals surface area (Å²) in [6.45, 7) is 5.25. The number of methoxy groups -OCH3 is 2. The van der Waals surface area contributed by atoms with E-state index >= 15 is 0 Å². The van der Waals surface area contributed by atoms with Crippen LogP contribution in [0, 0.1) is 0 Å². The molecule has 1 amide bonds. The third-order valence-corrected chi connectivity index (χ3v) is 2.60. The molecule has 2 N–H and O–H groups in total. The van der Waals surface area contributed by atoms with Crippen molar-refractivity contribution in [1.82, 2.24) is 0 Å². The topological polar surface area (TPSA) is 94.1 Å². The van der Waals surface area contributed by atoms with Crippen molar-refractivity contribution in [2.24, 2.45) is 0 Å². The number of aliphatic hydroxyl groups is 1. The molecule has 122 valence electrons. The van der Waals surface area contributed by atoms with Gasteiger partial charge in [-0.25, -0.2) is 9.59 Å². The molecule has 0 saturated carbocycles. The number of rotatable bonds is 4. The van der Waals surface area contributed by atoms with Crippen LogP contribution in [0.4, 0.5) is 10.5 Å². The van der Waals surface area contributed by atoms with Gasteiger partial charge in [0.15, 0.2) is 6.10 Å². The minimum Gasteiger partial charge on any atom is -0.495 e. The van der Waals surface area contributed by atoms with Crippen molar-refractivity contribution in [2.75, 3.05) is 19.5 Å². The molecule has 0 bridgehead atoms. The van der Waals surface area contributed by atoms with Crippen LogP contribution < -0.4 is 10.1 Å². The van der Waals surface area contributed by atoms with E-state index < -0.39 is 23.8 Å². The van der Waals surface area contributed by atoms with E-state index in [9.17, 15) is 14.7 Å². The number of benzene rings is 1. The van der Waals surface area contributed by atoms with Crippen molar-refractivity contribution in [3.8, 4) is 5.75 Å². The standard InChI is InChI=1S/C15H21NO6/c1-15(2,3)22-14(19)16-10-7-6-9(8-11(10)20-4)12(17)13(18)21-5/h6-8,12,17H,1-5H3,(H,16,19). The van der Waals surface area contributed by atoms with Crippen LogP contribution in [0.3, 0.4) is 0 Å². The highest BCUT2D eigenvalue weighted by Crippen LogP contribution is 2.29. The van der Waals surface area contributed by atoms with Crippen LogP contribution in [0.5, 0.6) is 5.75 Å². The highest BCUT2D eigenvalue weighted by molar-refractivity contribution is 5.87. The molecule has 1 rings (SSSR count). The molecule has 0 aliphatic carbocycles. The second kappa shape index (κ2) is 7.13. The molecule has 0 heterocycles. The maximum absolute atomic E-state index is 11.8. The van der Waals surface area contributed by atoms with Crippen molar-refractivity contribution in [3.63, 3.8) is 0 Å². The van der Waals surface area contributed by atoms with Gasteiger partial charge in [0.1, 0.15) is 11.4 Å². The molecule has 7 heteroatoms. The molecule has 0 aromatic heterocycles. The minimum absolute atomic E-state index is 0.284. The van der Waals surface area contributed by atoms with E-state index in [0.717, 1.165) is 0 Å². The van der Waals surface area contributed by atoms with Gasteiger partial charge >= 0.3 is 12.1 Å². The normalized spacial score (nSPS) is 12.3. The molecule has 0 aliphatic heterocycles. The first-order chi connectivity index (χ1) is 10.2. The van der Waals surface area contributed by atoms with E-state index in [1.807, 2.05) is 0 Å². The Morgan fingerprint density at radius 1 is 1.23 bits per heavy atom. The molecule has 1 unspecified atom stereocenters. The molecule has 1 aromatic rings. The van der Waals surface area contributed by atoms with Crippen LogP contribution in [0.25, 0.3) is 0 Å². The maximum atomic E-state index is 11.8. The highest BCUT2D eigenvalue weighted by atomic mass is 16.6.